The van der Waals surface area contributed by atoms with E-state index in [1.807, 2.05) is 36.4 Å². The van der Waals surface area contributed by atoms with Crippen molar-refractivity contribution >= 4 is 20.5 Å². The highest BCUT2D eigenvalue weighted by Crippen LogP contribution is 2.35. The number of pyridine rings is 2. The van der Waals surface area contributed by atoms with Crippen LogP contribution in [0.1, 0.15) is 18.4 Å². The maximum atomic E-state index is 8.41. The first-order valence-electron chi connectivity index (χ1n) is 8.40. The summed E-state index contributed by atoms with van der Waals surface area (Å²) < 4.78 is 28.1. The lowest BCUT2D eigenvalue weighted by molar-refractivity contribution is 0.309. The minimum absolute atomic E-state index is 0.225. The van der Waals surface area contributed by atoms with Crippen molar-refractivity contribution < 1.29 is 9.47 Å². The average molecular weight is 368 g/mol. The highest BCUT2D eigenvalue weighted by molar-refractivity contribution is 7.94. The molecular weight excluding hydrogens is 348 g/mol. The van der Waals surface area contributed by atoms with E-state index in [-0.39, 0.29) is 5.25 Å². The number of nitrogens with zero attached hydrogens (tertiary/aromatic N) is 2. The van der Waals surface area contributed by atoms with E-state index in [2.05, 4.69) is 9.97 Å². The highest BCUT2D eigenvalue weighted by Gasteiger charge is 2.30. The summed E-state index contributed by atoms with van der Waals surface area (Å²) in [7, 11) is -0.637. The van der Waals surface area contributed by atoms with Crippen LogP contribution in [0.25, 0.3) is 10.9 Å². The number of rotatable bonds is 6. The van der Waals surface area contributed by atoms with Crippen molar-refractivity contribution in [1.82, 2.24) is 9.97 Å². The van der Waals surface area contributed by atoms with Gasteiger partial charge in [-0.25, -0.2) is 4.98 Å². The van der Waals surface area contributed by atoms with Crippen LogP contribution < -0.4 is 9.47 Å². The molecule has 0 unspecified atom stereocenters. The van der Waals surface area contributed by atoms with Crippen LogP contribution in [0.15, 0.2) is 53.7 Å². The van der Waals surface area contributed by atoms with E-state index >= 15 is 0 Å². The van der Waals surface area contributed by atoms with Crippen LogP contribution in [0.4, 0.5) is 0 Å². The fourth-order valence-corrected chi connectivity index (χ4v) is 4.77. The van der Waals surface area contributed by atoms with Gasteiger partial charge in [-0.05, 0) is 52.3 Å². The monoisotopic (exact) mass is 368 g/mol. The molecule has 0 amide bonds. The molecule has 3 aromatic rings. The molecule has 0 spiro atoms. The van der Waals surface area contributed by atoms with Gasteiger partial charge in [0, 0.05) is 27.9 Å². The second-order valence-electron chi connectivity index (χ2n) is 6.32. The van der Waals surface area contributed by atoms with E-state index in [4.69, 9.17) is 19.0 Å². The van der Waals surface area contributed by atoms with Crippen molar-refractivity contribution in [3.63, 3.8) is 0 Å². The number of benzene rings is 1. The maximum Gasteiger partial charge on any atom is 0.240 e. The van der Waals surface area contributed by atoms with Gasteiger partial charge < -0.3 is 9.47 Å². The summed E-state index contributed by atoms with van der Waals surface area (Å²) >= 11 is 0. The topological polar surface area (TPSA) is 91.9 Å². The first kappa shape index (κ1) is 16.8. The number of hydrogen-bond donors (Lipinski definition) is 2. The van der Waals surface area contributed by atoms with E-state index in [9.17, 15) is 0 Å². The molecule has 0 bridgehead atoms. The molecule has 1 aromatic carbocycles. The molecule has 26 heavy (non-hydrogen) atoms. The summed E-state index contributed by atoms with van der Waals surface area (Å²) in [5.74, 6) is 1.18. The zero-order chi connectivity index (χ0) is 18.1. The fourth-order valence-electron chi connectivity index (χ4n) is 2.91. The second-order valence-corrected chi connectivity index (χ2v) is 8.78. The Morgan fingerprint density at radius 1 is 1.12 bits per heavy atom. The smallest absolute Gasteiger partial charge is 0.240 e. The molecule has 134 valence electrons. The van der Waals surface area contributed by atoms with E-state index in [1.54, 1.807) is 19.5 Å². The summed E-state index contributed by atoms with van der Waals surface area (Å²) in [4.78, 5) is 9.30. The molecule has 1 aliphatic rings. The van der Waals surface area contributed by atoms with Gasteiger partial charge in [0.2, 0.25) is 5.88 Å². The van der Waals surface area contributed by atoms with Gasteiger partial charge in [-0.1, -0.05) is 12.1 Å². The molecule has 1 aliphatic carbocycles. The molecule has 4 rings (SSSR count). The first-order chi connectivity index (χ1) is 12.6. The number of ether oxygens (including phenoxy) is 2. The van der Waals surface area contributed by atoms with Crippen LogP contribution in [0, 0.1) is 9.56 Å². The third-order valence-corrected chi connectivity index (χ3v) is 6.94. The predicted octanol–water partition coefficient (Wildman–Crippen LogP) is 4.42. The molecule has 6 nitrogen and oxygen atoms in total. The molecule has 2 aromatic heterocycles. The quantitative estimate of drug-likeness (QED) is 0.674. The lowest BCUT2D eigenvalue weighted by atomic mass is 10.2. The van der Waals surface area contributed by atoms with Crippen LogP contribution >= 0.6 is 0 Å². The lowest BCUT2D eigenvalue weighted by Gasteiger charge is -2.13. The van der Waals surface area contributed by atoms with Crippen molar-refractivity contribution in [3.8, 4) is 11.6 Å². The van der Waals surface area contributed by atoms with E-state index in [0.29, 0.717) is 23.8 Å². The Balaban J connectivity index is 1.59. The predicted molar refractivity (Wildman–Crippen MR) is 101 cm³/mol. The zero-order valence-electron chi connectivity index (χ0n) is 14.4. The maximum absolute atomic E-state index is 8.41. The van der Waals surface area contributed by atoms with Gasteiger partial charge in [0.05, 0.1) is 7.11 Å². The number of hydrogen-bond acceptors (Lipinski definition) is 6. The normalized spacial score (nSPS) is 14.3. The molecular formula is C19H20N4O2S. The standard InChI is InChI=1S/C19H20N4O2S/c1-24-19-18-16(7-9-23-19)17(8-10-22-18)25-12-13-3-2-4-15(11-13)26(20,21)14-5-6-14/h2-4,7-11,14,20-21H,5-6,12H2,1H3. The molecule has 0 radical (unpaired) electrons. The molecule has 1 fully saturated rings. The number of nitrogens with one attached hydrogen (secondary N) is 2. The number of aromatic nitrogens is 2. The zero-order valence-corrected chi connectivity index (χ0v) is 15.3. The summed E-state index contributed by atoms with van der Waals surface area (Å²) in [6.07, 6.45) is 5.35. The van der Waals surface area contributed by atoms with Gasteiger partial charge in [-0.3, -0.25) is 14.5 Å². The highest BCUT2D eigenvalue weighted by atomic mass is 32.2. The third-order valence-electron chi connectivity index (χ3n) is 4.47. The summed E-state index contributed by atoms with van der Waals surface area (Å²) in [6, 6.07) is 11.4. The summed E-state index contributed by atoms with van der Waals surface area (Å²) in [6.45, 7) is 0.373. The molecule has 2 heterocycles. The van der Waals surface area contributed by atoms with Crippen LogP contribution in [0.3, 0.4) is 0 Å². The molecule has 2 N–H and O–H groups in total. The number of methoxy groups -OCH3 is 1. The van der Waals surface area contributed by atoms with Gasteiger partial charge in [-0.15, -0.1) is 0 Å². The summed E-state index contributed by atoms with van der Waals surface area (Å²) in [5.41, 5.74) is 1.63. The van der Waals surface area contributed by atoms with Crippen LogP contribution in [-0.2, 0) is 16.2 Å². The van der Waals surface area contributed by atoms with Crippen LogP contribution in [0.2, 0.25) is 0 Å². The van der Waals surface area contributed by atoms with Gasteiger partial charge in [-0.2, -0.15) is 0 Å². The van der Waals surface area contributed by atoms with Crippen molar-refractivity contribution in [2.75, 3.05) is 7.11 Å². The Morgan fingerprint density at radius 3 is 2.69 bits per heavy atom. The molecule has 1 saturated carbocycles. The fraction of sp³-hybridized carbons (Fsp3) is 0.263. The van der Waals surface area contributed by atoms with Gasteiger partial charge in [0.1, 0.15) is 17.9 Å². The molecule has 0 atom stereocenters. The Morgan fingerprint density at radius 2 is 1.92 bits per heavy atom. The minimum atomic E-state index is -2.21. The second kappa shape index (κ2) is 6.57. The van der Waals surface area contributed by atoms with Gasteiger partial charge in [0.25, 0.3) is 0 Å². The molecule has 0 aliphatic heterocycles. The molecule has 7 heteroatoms. The Labute approximate surface area is 152 Å². The lowest BCUT2D eigenvalue weighted by Crippen LogP contribution is -2.04. The van der Waals surface area contributed by atoms with E-state index in [1.165, 1.54) is 0 Å². The van der Waals surface area contributed by atoms with Crippen molar-refractivity contribution in [2.24, 2.45) is 0 Å². The SMILES string of the molecule is COc1nccc2c(OCc3cccc(S(=N)(=N)C4CC4)c3)ccnc12. The van der Waals surface area contributed by atoms with Crippen LogP contribution in [-0.4, -0.2) is 22.3 Å². The van der Waals surface area contributed by atoms with E-state index < -0.39 is 9.62 Å². The Hall–Kier alpha value is -2.67. The van der Waals surface area contributed by atoms with Crippen molar-refractivity contribution in [1.29, 1.82) is 9.56 Å². The molecule has 0 saturated heterocycles. The average Bonchev–Trinajstić information content (AvgIpc) is 3.52. The largest absolute Gasteiger partial charge is 0.488 e. The van der Waals surface area contributed by atoms with Crippen molar-refractivity contribution in [2.45, 2.75) is 29.6 Å². The Kier molecular flexibility index (Phi) is 4.24. The van der Waals surface area contributed by atoms with Gasteiger partial charge in [0.15, 0.2) is 0 Å². The van der Waals surface area contributed by atoms with Crippen molar-refractivity contribution in [3.05, 3.63) is 54.4 Å². The first-order valence-corrected chi connectivity index (χ1v) is 10.1. The van der Waals surface area contributed by atoms with Crippen LogP contribution in [0.5, 0.6) is 11.6 Å². The Bertz CT molecular complexity index is 1060. The van der Waals surface area contributed by atoms with E-state index in [0.717, 1.165) is 28.7 Å². The van der Waals surface area contributed by atoms with Gasteiger partial charge >= 0.3 is 0 Å². The third kappa shape index (κ3) is 3.10. The number of fused-ring (bicyclic) bond motifs is 1. The summed E-state index contributed by atoms with van der Waals surface area (Å²) in [5, 5.41) is 1.07. The minimum Gasteiger partial charge on any atom is -0.488 e.